The number of rotatable bonds is 0. The van der Waals surface area contributed by atoms with Crippen LogP contribution in [0.2, 0.25) is 0 Å². The summed E-state index contributed by atoms with van der Waals surface area (Å²) in [4.78, 5) is 39.0. The molecular formula is C4H5BFLiO11. The molecule has 0 aromatic heterocycles. The third-order valence-electron chi connectivity index (χ3n) is 0.428. The van der Waals surface area contributed by atoms with Crippen molar-refractivity contribution in [2.75, 3.05) is 0 Å². The first-order valence-corrected chi connectivity index (χ1v) is 3.10. The molecule has 5 N–H and O–H groups in total. The van der Waals surface area contributed by atoms with Crippen molar-refractivity contribution in [3.8, 4) is 0 Å². The van der Waals surface area contributed by atoms with Gasteiger partial charge in [-0.15, -0.1) is 0 Å². The molecule has 11 nitrogen and oxygen atoms in total. The van der Waals surface area contributed by atoms with Gasteiger partial charge in [0, 0.05) is 4.53 Å². The van der Waals surface area contributed by atoms with Crippen LogP contribution in [0.3, 0.4) is 0 Å². The molecule has 0 heterocycles. The van der Waals surface area contributed by atoms with Crippen molar-refractivity contribution >= 4 is 31.2 Å². The summed E-state index contributed by atoms with van der Waals surface area (Å²) >= 11 is 0. The molecule has 0 atom stereocenters. The summed E-state index contributed by atoms with van der Waals surface area (Å²) in [5.41, 5.74) is 0. The second kappa shape index (κ2) is 15.4. The molecule has 18 heavy (non-hydrogen) atoms. The van der Waals surface area contributed by atoms with Gasteiger partial charge in [-0.1, -0.05) is 0 Å². The topological polar surface area (TPSA) is 202 Å². The fourth-order valence-electron chi connectivity index (χ4n) is 0.0330. The van der Waals surface area contributed by atoms with Gasteiger partial charge in [0.1, 0.15) is 0 Å². The van der Waals surface area contributed by atoms with Crippen molar-refractivity contribution < 1.29 is 77.9 Å². The number of carboxylic acids is 3. The van der Waals surface area contributed by atoms with Crippen LogP contribution in [0.5, 0.6) is 0 Å². The number of carboxylic acid groups (broad SMARTS) is 3. The van der Waals surface area contributed by atoms with E-state index in [9.17, 15) is 14.1 Å². The maximum atomic E-state index is 10.4. The van der Waals surface area contributed by atoms with Crippen LogP contribution in [0.1, 0.15) is 0 Å². The fourth-order valence-corrected chi connectivity index (χ4v) is 0.0330. The Balaban J connectivity index is -0.0000000823. The minimum absolute atomic E-state index is 0. The van der Waals surface area contributed by atoms with Crippen molar-refractivity contribution in [2.45, 2.75) is 0 Å². The van der Waals surface area contributed by atoms with Gasteiger partial charge < -0.3 is 30.4 Å². The first-order chi connectivity index (χ1) is 7.56. The van der Waals surface area contributed by atoms with E-state index in [1.165, 1.54) is 0 Å². The van der Waals surface area contributed by atoms with E-state index in [1.807, 2.05) is 0 Å². The third-order valence-corrected chi connectivity index (χ3v) is 0.428. The second-order valence-electron chi connectivity index (χ2n) is 1.61. The Hall–Kier alpha value is -1.65. The summed E-state index contributed by atoms with van der Waals surface area (Å²) in [7, 11) is -2.42. The van der Waals surface area contributed by atoms with Gasteiger partial charge in [-0.25, -0.2) is 24.1 Å². The van der Waals surface area contributed by atoms with Gasteiger partial charge >= 0.3 is 50.1 Å². The summed E-state index contributed by atoms with van der Waals surface area (Å²) < 4.78 is 10.4. The summed E-state index contributed by atoms with van der Waals surface area (Å²) in [6, 6.07) is 0. The van der Waals surface area contributed by atoms with E-state index in [0.717, 1.165) is 0 Å². The van der Waals surface area contributed by atoms with Crippen molar-refractivity contribution in [1.29, 1.82) is 0 Å². The molecule has 0 aliphatic rings. The molecule has 0 aliphatic heterocycles. The van der Waals surface area contributed by atoms with Gasteiger partial charge in [-0.05, 0) is 0 Å². The zero-order valence-corrected chi connectivity index (χ0v) is 8.64. The Morgan fingerprint density at radius 1 is 0.944 bits per heavy atom. The van der Waals surface area contributed by atoms with E-state index >= 15 is 0 Å². The van der Waals surface area contributed by atoms with Crippen LogP contribution < -0.4 is 23.9 Å². The Kier molecular flexibility index (Phi) is 21.5. The van der Waals surface area contributed by atoms with Gasteiger partial charge in [-0.3, -0.25) is 0 Å². The van der Waals surface area contributed by atoms with Gasteiger partial charge in [0.25, 0.3) is 0 Å². The molecule has 0 aromatic carbocycles. The number of aliphatic carboxylic acids is 3. The van der Waals surface area contributed by atoms with Crippen LogP contribution in [-0.2, 0) is 24.1 Å². The largest absolute Gasteiger partial charge is 1.00 e. The van der Waals surface area contributed by atoms with Crippen LogP contribution in [0.15, 0.2) is 0 Å². The van der Waals surface area contributed by atoms with E-state index < -0.39 is 31.2 Å². The molecular weight excluding hydrogens is 261 g/mol. The number of carbonyl (C=O) groups excluding carboxylic acids is 1. The molecule has 98 valence electrons. The van der Waals surface area contributed by atoms with Gasteiger partial charge in [0.05, 0.1) is 0 Å². The summed E-state index contributed by atoms with van der Waals surface area (Å²) in [6.07, 6.45) is 0. The van der Waals surface area contributed by atoms with Crippen LogP contribution >= 0.6 is 0 Å². The Morgan fingerprint density at radius 3 is 1.17 bits per heavy atom. The summed E-state index contributed by atoms with van der Waals surface area (Å²) in [6.45, 7) is 0. The zero-order chi connectivity index (χ0) is 14.6. The van der Waals surface area contributed by atoms with Crippen LogP contribution in [0, 0.1) is 0 Å². The predicted octanol–water partition coefficient (Wildman–Crippen LogP) is -7.03. The van der Waals surface area contributed by atoms with E-state index in [4.69, 9.17) is 40.0 Å². The second-order valence-corrected chi connectivity index (χ2v) is 1.61. The summed E-state index contributed by atoms with van der Waals surface area (Å²) in [5.74, 6) is -7.49. The molecule has 0 aliphatic carbocycles. The van der Waals surface area contributed by atoms with Crippen LogP contribution in [0.4, 0.5) is 4.53 Å². The number of halogens is 1. The van der Waals surface area contributed by atoms with E-state index in [2.05, 4.69) is 4.94 Å². The minimum atomic E-state index is -2.42. The van der Waals surface area contributed by atoms with E-state index in [0.29, 0.717) is 0 Å². The Morgan fingerprint density at radius 2 is 1.17 bits per heavy atom. The SMILES string of the molecule is O=C(O)C(=O)O.O=C(O)C(=O)OF.[Li+].[O-]B(O)O. The summed E-state index contributed by atoms with van der Waals surface area (Å²) in [5, 5.41) is 45.0. The molecule has 0 aromatic rings. The molecule has 0 radical (unpaired) electrons. The predicted molar refractivity (Wildman–Crippen MR) is 40.3 cm³/mol. The Bertz CT molecular complexity index is 265. The maximum Gasteiger partial charge on any atom is 1.00 e. The zero-order valence-electron chi connectivity index (χ0n) is 8.64. The standard InChI is InChI=1S/C2HFO4.C2H2O4.BH2O3.Li/c3-7-2(6)1(4)5;3-1(4)2(5)6;2-1(3)4;/h(H,4,5);(H,3,4)(H,5,6);2-3H;/q;;-1;+1. The van der Waals surface area contributed by atoms with Gasteiger partial charge in [0.15, 0.2) is 0 Å². The first kappa shape index (κ1) is 25.3. The fraction of sp³-hybridized carbons (Fsp3) is 0. The maximum absolute atomic E-state index is 10.4. The molecule has 0 amide bonds. The average Bonchev–Trinajstić information content (AvgIpc) is 2.16. The number of hydrogen-bond donors (Lipinski definition) is 5. The first-order valence-electron chi connectivity index (χ1n) is 3.10. The Labute approximate surface area is 110 Å². The normalized spacial score (nSPS) is 6.89. The van der Waals surface area contributed by atoms with E-state index in [-0.39, 0.29) is 18.9 Å². The molecule has 14 heteroatoms. The molecule has 0 fully saturated rings. The van der Waals surface area contributed by atoms with Gasteiger partial charge in [0.2, 0.25) is 0 Å². The van der Waals surface area contributed by atoms with Crippen molar-refractivity contribution in [3.63, 3.8) is 0 Å². The number of carbonyl (C=O) groups is 4. The molecule has 0 unspecified atom stereocenters. The molecule has 0 saturated heterocycles. The van der Waals surface area contributed by atoms with Crippen molar-refractivity contribution in [2.24, 2.45) is 0 Å². The monoisotopic (exact) mass is 266 g/mol. The number of hydrogen-bond acceptors (Lipinski definition) is 8. The van der Waals surface area contributed by atoms with E-state index in [1.54, 1.807) is 0 Å². The van der Waals surface area contributed by atoms with Crippen molar-refractivity contribution in [3.05, 3.63) is 0 Å². The van der Waals surface area contributed by atoms with Gasteiger partial charge in [-0.2, -0.15) is 0 Å². The van der Waals surface area contributed by atoms with Crippen LogP contribution in [0.25, 0.3) is 0 Å². The minimum Gasteiger partial charge on any atom is -0.832 e. The average molecular weight is 266 g/mol. The van der Waals surface area contributed by atoms with Crippen molar-refractivity contribution in [1.82, 2.24) is 0 Å². The molecule has 0 saturated carbocycles. The van der Waals surface area contributed by atoms with Crippen LogP contribution in [-0.4, -0.2) is 56.6 Å². The third kappa shape index (κ3) is 36.7. The molecule has 0 rings (SSSR count). The molecule has 0 bridgehead atoms. The smallest absolute Gasteiger partial charge is 0.832 e. The quantitative estimate of drug-likeness (QED) is 0.206. The molecule has 0 spiro atoms.